The van der Waals surface area contributed by atoms with E-state index in [9.17, 15) is 4.79 Å². The molecule has 2 heterocycles. The lowest BCUT2D eigenvalue weighted by Gasteiger charge is -2.04. The van der Waals surface area contributed by atoms with Crippen molar-refractivity contribution in [2.24, 2.45) is 0 Å². The maximum atomic E-state index is 12.2. The lowest BCUT2D eigenvalue weighted by Crippen LogP contribution is -2.15. The molecule has 0 atom stereocenters. The molecule has 0 radical (unpaired) electrons. The zero-order valence-electron chi connectivity index (χ0n) is 13.1. The van der Waals surface area contributed by atoms with Gasteiger partial charge in [0.25, 0.3) is 0 Å². The minimum atomic E-state index is -0.155. The van der Waals surface area contributed by atoms with Crippen LogP contribution in [0.2, 0.25) is 0 Å². The summed E-state index contributed by atoms with van der Waals surface area (Å²) < 4.78 is 5.64. The molecule has 0 aliphatic carbocycles. The topological polar surface area (TPSA) is 78.9 Å². The van der Waals surface area contributed by atoms with Crippen LogP contribution in [0.15, 0.2) is 46.2 Å². The molecule has 24 heavy (non-hydrogen) atoms. The number of anilines is 1. The monoisotopic (exact) mass is 337 g/mol. The Kier molecular flexibility index (Phi) is 4.73. The number of amides is 1. The molecular formula is C18H15N3O2S. The van der Waals surface area contributed by atoms with Gasteiger partial charge in [-0.15, -0.1) is 11.3 Å². The van der Waals surface area contributed by atoms with Gasteiger partial charge >= 0.3 is 0 Å². The lowest BCUT2D eigenvalue weighted by atomic mass is 10.1. The van der Waals surface area contributed by atoms with Crippen LogP contribution in [-0.2, 0) is 17.6 Å². The van der Waals surface area contributed by atoms with Crippen molar-refractivity contribution < 1.29 is 9.21 Å². The molecule has 0 aliphatic rings. The molecule has 3 aromatic rings. The maximum Gasteiger partial charge on any atom is 0.236 e. The Morgan fingerprint density at radius 3 is 2.79 bits per heavy atom. The molecule has 5 nitrogen and oxygen atoms in total. The minimum Gasteiger partial charge on any atom is -0.440 e. The standard InChI is InChI=1S/C18H15N3O2S/c1-12-15(21-18(23-12)16-3-2-10-24-16)11-17(22)20-14-6-4-13(5-7-14)8-9-19/h2-7,10H,8,11H2,1H3,(H,20,22). The largest absolute Gasteiger partial charge is 0.440 e. The summed E-state index contributed by atoms with van der Waals surface area (Å²) in [5.41, 5.74) is 2.25. The van der Waals surface area contributed by atoms with Gasteiger partial charge in [0, 0.05) is 5.69 Å². The number of aryl methyl sites for hydroxylation is 1. The Labute approximate surface area is 143 Å². The summed E-state index contributed by atoms with van der Waals surface area (Å²) in [6.07, 6.45) is 0.512. The summed E-state index contributed by atoms with van der Waals surface area (Å²) in [6, 6.07) is 13.2. The average molecular weight is 337 g/mol. The van der Waals surface area contributed by atoms with Crippen LogP contribution < -0.4 is 5.32 Å². The molecule has 1 amide bonds. The van der Waals surface area contributed by atoms with Crippen LogP contribution >= 0.6 is 11.3 Å². The first-order valence-corrected chi connectivity index (χ1v) is 8.29. The molecule has 1 aromatic carbocycles. The molecule has 6 heteroatoms. The van der Waals surface area contributed by atoms with E-state index >= 15 is 0 Å². The zero-order valence-corrected chi connectivity index (χ0v) is 13.9. The van der Waals surface area contributed by atoms with Gasteiger partial charge in [0.2, 0.25) is 11.8 Å². The van der Waals surface area contributed by atoms with Crippen LogP contribution in [0, 0.1) is 18.3 Å². The van der Waals surface area contributed by atoms with E-state index in [1.54, 1.807) is 23.5 Å². The number of nitriles is 1. The van der Waals surface area contributed by atoms with E-state index in [2.05, 4.69) is 16.4 Å². The molecule has 0 spiro atoms. The lowest BCUT2D eigenvalue weighted by molar-refractivity contribution is -0.115. The number of hydrogen-bond donors (Lipinski definition) is 1. The van der Waals surface area contributed by atoms with E-state index in [0.717, 1.165) is 10.4 Å². The van der Waals surface area contributed by atoms with Crippen LogP contribution in [0.3, 0.4) is 0 Å². The SMILES string of the molecule is Cc1oc(-c2cccs2)nc1CC(=O)Nc1ccc(CC#N)cc1. The fourth-order valence-electron chi connectivity index (χ4n) is 2.25. The van der Waals surface area contributed by atoms with Gasteiger partial charge in [-0.25, -0.2) is 4.98 Å². The van der Waals surface area contributed by atoms with E-state index in [0.29, 0.717) is 29.5 Å². The molecule has 0 aliphatic heterocycles. The molecular weight excluding hydrogens is 322 g/mol. The number of carbonyl (C=O) groups excluding carboxylic acids is 1. The number of oxazole rings is 1. The van der Waals surface area contributed by atoms with Crippen LogP contribution in [0.5, 0.6) is 0 Å². The fourth-order valence-corrected chi connectivity index (χ4v) is 2.90. The van der Waals surface area contributed by atoms with Gasteiger partial charge in [-0.1, -0.05) is 18.2 Å². The third kappa shape index (κ3) is 3.70. The summed E-state index contributed by atoms with van der Waals surface area (Å²) in [6.45, 7) is 1.81. The predicted molar refractivity (Wildman–Crippen MR) is 92.6 cm³/mol. The van der Waals surface area contributed by atoms with Crippen molar-refractivity contribution >= 4 is 22.9 Å². The summed E-state index contributed by atoms with van der Waals surface area (Å²) >= 11 is 1.55. The second-order valence-electron chi connectivity index (χ2n) is 5.26. The number of rotatable bonds is 5. The van der Waals surface area contributed by atoms with Gasteiger partial charge in [0.05, 0.1) is 29.5 Å². The van der Waals surface area contributed by atoms with Gasteiger partial charge in [0.1, 0.15) is 5.76 Å². The molecule has 0 saturated carbocycles. The van der Waals surface area contributed by atoms with Crippen LogP contribution in [0.1, 0.15) is 17.0 Å². The summed E-state index contributed by atoms with van der Waals surface area (Å²) in [5, 5.41) is 13.4. The summed E-state index contributed by atoms with van der Waals surface area (Å²) in [7, 11) is 0. The highest BCUT2D eigenvalue weighted by Crippen LogP contribution is 2.26. The van der Waals surface area contributed by atoms with Crippen LogP contribution in [-0.4, -0.2) is 10.9 Å². The van der Waals surface area contributed by atoms with Gasteiger partial charge in [-0.05, 0) is 36.1 Å². The third-order valence-electron chi connectivity index (χ3n) is 3.47. The Bertz CT molecular complexity index is 874. The maximum absolute atomic E-state index is 12.2. The molecule has 0 fully saturated rings. The fraction of sp³-hybridized carbons (Fsp3) is 0.167. The highest BCUT2D eigenvalue weighted by atomic mass is 32.1. The Balaban J connectivity index is 1.66. The highest BCUT2D eigenvalue weighted by molar-refractivity contribution is 7.13. The van der Waals surface area contributed by atoms with Gasteiger partial charge in [-0.3, -0.25) is 4.79 Å². The zero-order chi connectivity index (χ0) is 16.9. The smallest absolute Gasteiger partial charge is 0.236 e. The van der Waals surface area contributed by atoms with Crippen LogP contribution in [0.25, 0.3) is 10.8 Å². The van der Waals surface area contributed by atoms with Crippen molar-refractivity contribution in [1.82, 2.24) is 4.98 Å². The number of thiophene rings is 1. The van der Waals surface area contributed by atoms with Gasteiger partial charge in [-0.2, -0.15) is 5.26 Å². The molecule has 2 aromatic heterocycles. The molecule has 0 saturated heterocycles. The van der Waals surface area contributed by atoms with Crippen molar-refractivity contribution in [3.05, 3.63) is 58.8 Å². The molecule has 1 N–H and O–H groups in total. The second kappa shape index (κ2) is 7.11. The first-order valence-electron chi connectivity index (χ1n) is 7.41. The van der Waals surface area contributed by atoms with E-state index in [1.807, 2.05) is 36.6 Å². The van der Waals surface area contributed by atoms with Crippen molar-refractivity contribution in [3.63, 3.8) is 0 Å². The first kappa shape index (κ1) is 16.0. The van der Waals surface area contributed by atoms with Crippen molar-refractivity contribution in [1.29, 1.82) is 5.26 Å². The van der Waals surface area contributed by atoms with Crippen molar-refractivity contribution in [2.75, 3.05) is 5.32 Å². The normalized spacial score (nSPS) is 10.3. The Morgan fingerprint density at radius 1 is 1.33 bits per heavy atom. The van der Waals surface area contributed by atoms with E-state index in [1.165, 1.54) is 0 Å². The molecule has 0 bridgehead atoms. The number of carbonyl (C=O) groups is 1. The summed E-state index contributed by atoms with van der Waals surface area (Å²) in [5.74, 6) is 1.04. The van der Waals surface area contributed by atoms with Crippen LogP contribution in [0.4, 0.5) is 5.69 Å². The van der Waals surface area contributed by atoms with E-state index in [4.69, 9.17) is 9.68 Å². The average Bonchev–Trinajstić information content (AvgIpc) is 3.20. The second-order valence-corrected chi connectivity index (χ2v) is 6.20. The van der Waals surface area contributed by atoms with Crippen molar-refractivity contribution in [3.8, 4) is 16.8 Å². The molecule has 0 unspecified atom stereocenters. The van der Waals surface area contributed by atoms with Crippen molar-refractivity contribution in [2.45, 2.75) is 19.8 Å². The number of aromatic nitrogens is 1. The number of hydrogen-bond acceptors (Lipinski definition) is 5. The number of nitrogens with zero attached hydrogens (tertiary/aromatic N) is 2. The predicted octanol–water partition coefficient (Wildman–Crippen LogP) is 3.96. The third-order valence-corrected chi connectivity index (χ3v) is 4.33. The van der Waals surface area contributed by atoms with E-state index in [-0.39, 0.29) is 12.3 Å². The highest BCUT2D eigenvalue weighted by Gasteiger charge is 2.15. The number of benzene rings is 1. The molecule has 3 rings (SSSR count). The minimum absolute atomic E-state index is 0.153. The Morgan fingerprint density at radius 2 is 2.12 bits per heavy atom. The quantitative estimate of drug-likeness (QED) is 0.764. The Hall–Kier alpha value is -2.91. The van der Waals surface area contributed by atoms with Gasteiger partial charge < -0.3 is 9.73 Å². The first-order chi connectivity index (χ1) is 11.7. The molecule has 120 valence electrons. The van der Waals surface area contributed by atoms with Gasteiger partial charge in [0.15, 0.2) is 0 Å². The summed E-state index contributed by atoms with van der Waals surface area (Å²) in [4.78, 5) is 17.6. The number of nitrogens with one attached hydrogen (secondary N) is 1. The van der Waals surface area contributed by atoms with E-state index < -0.39 is 0 Å².